The number of alkyl halides is 3. The summed E-state index contributed by atoms with van der Waals surface area (Å²) in [5.74, 6) is 3.03. The van der Waals surface area contributed by atoms with Gasteiger partial charge in [0.05, 0.1) is 11.3 Å². The lowest BCUT2D eigenvalue weighted by Crippen LogP contribution is -2.25. The maximum Gasteiger partial charge on any atom is 0.418 e. The summed E-state index contributed by atoms with van der Waals surface area (Å²) in [6.45, 7) is 6.91. The zero-order chi connectivity index (χ0) is 19.6. The first-order valence-corrected chi connectivity index (χ1v) is 10.2. The van der Waals surface area contributed by atoms with E-state index in [1.54, 1.807) is 0 Å². The maximum atomic E-state index is 13.3. The number of fused-ring (bicyclic) bond motifs is 1. The number of hydrogen-bond acceptors (Lipinski definition) is 3. The van der Waals surface area contributed by atoms with E-state index in [1.165, 1.54) is 32.0 Å². The van der Waals surface area contributed by atoms with Gasteiger partial charge < -0.3 is 9.47 Å². The quantitative estimate of drug-likeness (QED) is 0.761. The van der Waals surface area contributed by atoms with E-state index in [9.17, 15) is 13.2 Å². The second-order valence-corrected chi connectivity index (χ2v) is 8.62. The molecule has 3 heterocycles. The molecule has 1 saturated heterocycles. The van der Waals surface area contributed by atoms with Crippen molar-refractivity contribution >= 4 is 0 Å². The van der Waals surface area contributed by atoms with Gasteiger partial charge in [0.1, 0.15) is 5.82 Å². The van der Waals surface area contributed by atoms with E-state index < -0.39 is 11.7 Å². The summed E-state index contributed by atoms with van der Waals surface area (Å²) in [7, 11) is 0. The average Bonchev–Trinajstić information content (AvgIpc) is 3.49. The molecule has 2 aromatic rings. The molecular formula is C21H25F3N4. The van der Waals surface area contributed by atoms with Crippen LogP contribution in [-0.4, -0.2) is 39.1 Å². The van der Waals surface area contributed by atoms with Gasteiger partial charge in [0, 0.05) is 49.2 Å². The van der Waals surface area contributed by atoms with E-state index >= 15 is 0 Å². The predicted octanol–water partition coefficient (Wildman–Crippen LogP) is 4.35. The molecule has 0 amide bonds. The monoisotopic (exact) mass is 390 g/mol. The van der Waals surface area contributed by atoms with Crippen molar-refractivity contribution in [1.29, 1.82) is 0 Å². The number of nitrogens with zero attached hydrogens (tertiary/aromatic N) is 4. The Labute approximate surface area is 162 Å². The zero-order valence-electron chi connectivity index (χ0n) is 16.2. The minimum Gasteiger partial charge on any atom is -0.331 e. The van der Waals surface area contributed by atoms with E-state index in [2.05, 4.69) is 21.4 Å². The van der Waals surface area contributed by atoms with E-state index in [0.29, 0.717) is 35.1 Å². The number of aryl methyl sites for hydroxylation is 1. The van der Waals surface area contributed by atoms with Gasteiger partial charge in [0.15, 0.2) is 0 Å². The third-order valence-corrected chi connectivity index (χ3v) is 6.66. The number of halogens is 3. The van der Waals surface area contributed by atoms with Crippen molar-refractivity contribution in [2.75, 3.05) is 19.6 Å². The van der Waals surface area contributed by atoms with E-state index in [-0.39, 0.29) is 5.69 Å². The molecule has 0 N–H and O–H groups in total. The van der Waals surface area contributed by atoms with Crippen molar-refractivity contribution in [3.8, 4) is 11.3 Å². The second-order valence-electron chi connectivity index (χ2n) is 8.62. The lowest BCUT2D eigenvalue weighted by atomic mass is 10.1. The van der Waals surface area contributed by atoms with Crippen LogP contribution in [0.25, 0.3) is 11.3 Å². The first-order valence-electron chi connectivity index (χ1n) is 10.2. The van der Waals surface area contributed by atoms with Gasteiger partial charge in [-0.1, -0.05) is 6.92 Å². The van der Waals surface area contributed by atoms with Gasteiger partial charge in [-0.25, -0.2) is 4.98 Å². The molecular weight excluding hydrogens is 365 g/mol. The molecule has 0 aromatic carbocycles. The molecule has 3 aliphatic rings. The third kappa shape index (κ3) is 3.13. The maximum absolute atomic E-state index is 13.3. The molecule has 5 rings (SSSR count). The molecule has 3 fully saturated rings. The normalized spacial score (nSPS) is 27.2. The van der Waals surface area contributed by atoms with Crippen LogP contribution in [0.4, 0.5) is 13.2 Å². The van der Waals surface area contributed by atoms with E-state index in [1.807, 2.05) is 6.20 Å². The van der Waals surface area contributed by atoms with E-state index in [4.69, 9.17) is 4.98 Å². The van der Waals surface area contributed by atoms with Crippen molar-refractivity contribution < 1.29 is 13.2 Å². The number of likely N-dealkylation sites (tertiary alicyclic amines) is 1. The Morgan fingerprint density at radius 2 is 1.89 bits per heavy atom. The number of imidazole rings is 1. The number of rotatable bonds is 5. The lowest BCUT2D eigenvalue weighted by Gasteiger charge is -2.18. The topological polar surface area (TPSA) is 34.0 Å². The molecule has 28 heavy (non-hydrogen) atoms. The standard InChI is InChI=1S/C21H25F3N4/c1-3-27-9-15-16(10-27)20(15)28-11-18(26-19(28)6-13-4-5-13)14-7-17(21(22,23)24)12(2)25-8-14/h7-8,11,13,15-16,20H,3-6,9-10H2,1-2H3/t15-,16+,20?. The molecule has 7 heteroatoms. The Morgan fingerprint density at radius 1 is 1.18 bits per heavy atom. The van der Waals surface area contributed by atoms with Crippen LogP contribution in [0.1, 0.15) is 42.9 Å². The van der Waals surface area contributed by atoms with Crippen LogP contribution < -0.4 is 0 Å². The molecule has 0 bridgehead atoms. The zero-order valence-corrected chi connectivity index (χ0v) is 16.2. The Bertz CT molecular complexity index is 888. The SMILES string of the molecule is CCN1C[C@@H]2C(n3cc(-c4cnc(C)c(C(F)(F)F)c4)nc3CC3CC3)[C@@H]2C1. The summed E-state index contributed by atoms with van der Waals surface area (Å²) in [5, 5.41) is 0. The first kappa shape index (κ1) is 18.2. The highest BCUT2D eigenvalue weighted by atomic mass is 19.4. The highest BCUT2D eigenvalue weighted by molar-refractivity contribution is 5.59. The highest BCUT2D eigenvalue weighted by Crippen LogP contribution is 2.56. The van der Waals surface area contributed by atoms with Gasteiger partial charge in [-0.15, -0.1) is 0 Å². The number of piperidine rings is 1. The summed E-state index contributed by atoms with van der Waals surface area (Å²) in [6, 6.07) is 1.65. The molecule has 4 nitrogen and oxygen atoms in total. The van der Waals surface area contributed by atoms with Gasteiger partial charge in [-0.3, -0.25) is 4.98 Å². The fourth-order valence-electron chi connectivity index (χ4n) is 4.77. The summed E-state index contributed by atoms with van der Waals surface area (Å²) in [4.78, 5) is 11.3. The van der Waals surface area contributed by atoms with Crippen LogP contribution in [-0.2, 0) is 12.6 Å². The van der Waals surface area contributed by atoms with Gasteiger partial charge in [-0.05, 0) is 50.1 Å². The molecule has 2 aromatic heterocycles. The fourth-order valence-corrected chi connectivity index (χ4v) is 4.77. The van der Waals surface area contributed by atoms with Crippen molar-refractivity contribution in [2.24, 2.45) is 17.8 Å². The largest absolute Gasteiger partial charge is 0.418 e. The molecule has 2 saturated carbocycles. The van der Waals surface area contributed by atoms with Crippen molar-refractivity contribution in [1.82, 2.24) is 19.4 Å². The highest BCUT2D eigenvalue weighted by Gasteiger charge is 2.57. The van der Waals surface area contributed by atoms with Crippen LogP contribution in [0.15, 0.2) is 18.5 Å². The smallest absolute Gasteiger partial charge is 0.331 e. The molecule has 1 unspecified atom stereocenters. The predicted molar refractivity (Wildman–Crippen MR) is 99.8 cm³/mol. The van der Waals surface area contributed by atoms with Crippen LogP contribution in [0.5, 0.6) is 0 Å². The minimum atomic E-state index is -4.40. The summed E-state index contributed by atoms with van der Waals surface area (Å²) in [6.07, 6.45) is 2.48. The number of hydrogen-bond donors (Lipinski definition) is 0. The van der Waals surface area contributed by atoms with Crippen LogP contribution in [0.3, 0.4) is 0 Å². The Hall–Kier alpha value is -1.89. The second kappa shape index (κ2) is 6.31. The summed E-state index contributed by atoms with van der Waals surface area (Å²) >= 11 is 0. The molecule has 2 aliphatic carbocycles. The van der Waals surface area contributed by atoms with Crippen LogP contribution in [0.2, 0.25) is 0 Å². The number of pyridine rings is 1. The molecule has 0 spiro atoms. The lowest BCUT2D eigenvalue weighted by molar-refractivity contribution is -0.138. The number of aromatic nitrogens is 3. The van der Waals surface area contributed by atoms with Crippen LogP contribution in [0, 0.1) is 24.7 Å². The fraction of sp³-hybridized carbons (Fsp3) is 0.619. The first-order chi connectivity index (χ1) is 13.3. The van der Waals surface area contributed by atoms with Gasteiger partial charge in [-0.2, -0.15) is 13.2 Å². The van der Waals surface area contributed by atoms with E-state index in [0.717, 1.165) is 31.9 Å². The van der Waals surface area contributed by atoms with Crippen molar-refractivity contribution in [3.05, 3.63) is 35.5 Å². The van der Waals surface area contributed by atoms with Gasteiger partial charge in [0.2, 0.25) is 0 Å². The van der Waals surface area contributed by atoms with Gasteiger partial charge >= 0.3 is 6.18 Å². The summed E-state index contributed by atoms with van der Waals surface area (Å²) < 4.78 is 42.2. The van der Waals surface area contributed by atoms with Crippen LogP contribution >= 0.6 is 0 Å². The Balaban J connectivity index is 1.47. The Kier molecular flexibility index (Phi) is 4.09. The minimum absolute atomic E-state index is 0.00488. The molecule has 1 aliphatic heterocycles. The molecule has 0 radical (unpaired) electrons. The Morgan fingerprint density at radius 3 is 2.50 bits per heavy atom. The van der Waals surface area contributed by atoms with Crippen molar-refractivity contribution in [3.63, 3.8) is 0 Å². The average molecular weight is 390 g/mol. The summed E-state index contributed by atoms with van der Waals surface area (Å²) in [5.41, 5.74) is 0.399. The van der Waals surface area contributed by atoms with Gasteiger partial charge in [0.25, 0.3) is 0 Å². The van der Waals surface area contributed by atoms with Crippen molar-refractivity contribution in [2.45, 2.75) is 45.3 Å². The molecule has 150 valence electrons. The molecule has 3 atom stereocenters. The third-order valence-electron chi connectivity index (χ3n) is 6.66.